The normalized spacial score (nSPS) is 10.4. The molecule has 0 aliphatic carbocycles. The van der Waals surface area contributed by atoms with E-state index in [2.05, 4.69) is 5.32 Å². The van der Waals surface area contributed by atoms with E-state index in [1.165, 1.54) is 12.1 Å². The summed E-state index contributed by atoms with van der Waals surface area (Å²) in [6.07, 6.45) is 0. The molecule has 0 radical (unpaired) electrons. The van der Waals surface area contributed by atoms with Gasteiger partial charge in [-0.25, -0.2) is 0 Å². The molecule has 0 fully saturated rings. The molecule has 0 bridgehead atoms. The highest BCUT2D eigenvalue weighted by Crippen LogP contribution is 2.35. The molecule has 1 N–H and O–H groups in total. The second kappa shape index (κ2) is 7.42. The predicted molar refractivity (Wildman–Crippen MR) is 91.8 cm³/mol. The molecule has 0 atom stereocenters. The minimum Gasteiger partial charge on any atom is -0.481 e. The van der Waals surface area contributed by atoms with E-state index in [-0.39, 0.29) is 28.3 Å². The van der Waals surface area contributed by atoms with Crippen molar-refractivity contribution in [1.29, 1.82) is 0 Å². The number of anilines is 1. The third-order valence-electron chi connectivity index (χ3n) is 2.77. The molecule has 0 spiro atoms. The van der Waals surface area contributed by atoms with Crippen molar-refractivity contribution in [2.45, 2.75) is 6.92 Å². The second-order valence-electron chi connectivity index (χ2n) is 4.50. The van der Waals surface area contributed by atoms with Crippen molar-refractivity contribution < 1.29 is 9.53 Å². The Balaban J connectivity index is 2.00. The van der Waals surface area contributed by atoms with Gasteiger partial charge in [0.25, 0.3) is 5.91 Å². The lowest BCUT2D eigenvalue weighted by atomic mass is 10.2. The number of carbonyl (C=O) groups is 1. The number of ether oxygens (including phenoxy) is 1. The Morgan fingerprint density at radius 2 is 1.68 bits per heavy atom. The van der Waals surface area contributed by atoms with Crippen LogP contribution in [0.15, 0.2) is 30.3 Å². The summed E-state index contributed by atoms with van der Waals surface area (Å²) in [5, 5.41) is 4.11. The highest BCUT2D eigenvalue weighted by Gasteiger charge is 2.12. The monoisotopic (exact) mass is 377 g/mol. The van der Waals surface area contributed by atoms with Crippen LogP contribution in [-0.4, -0.2) is 12.5 Å². The van der Waals surface area contributed by atoms with Crippen molar-refractivity contribution in [3.05, 3.63) is 56.0 Å². The number of rotatable bonds is 4. The van der Waals surface area contributed by atoms with Crippen LogP contribution in [0.3, 0.4) is 0 Å². The van der Waals surface area contributed by atoms with Gasteiger partial charge in [0.1, 0.15) is 0 Å². The van der Waals surface area contributed by atoms with Crippen LogP contribution in [0.4, 0.5) is 5.69 Å². The van der Waals surface area contributed by atoms with Gasteiger partial charge in [0.2, 0.25) is 0 Å². The molecular formula is C15H11Cl4NO2. The fourth-order valence-electron chi connectivity index (χ4n) is 1.67. The fraction of sp³-hybridized carbons (Fsp3) is 0.133. The quantitative estimate of drug-likeness (QED) is 0.748. The molecule has 0 aliphatic rings. The highest BCUT2D eigenvalue weighted by molar-refractivity contribution is 6.40. The van der Waals surface area contributed by atoms with Crippen molar-refractivity contribution in [3.63, 3.8) is 0 Å². The standard InChI is InChI=1S/C15H11Cl4NO2/c1-8-2-3-10(6-11(8)17)20-14(21)7-22-15-12(18)4-9(16)5-13(15)19/h2-6H,7H2,1H3,(H,20,21). The second-order valence-corrected chi connectivity index (χ2v) is 6.16. The summed E-state index contributed by atoms with van der Waals surface area (Å²) >= 11 is 23.7. The molecule has 116 valence electrons. The predicted octanol–water partition coefficient (Wildman–Crippen LogP) is 5.63. The largest absolute Gasteiger partial charge is 0.481 e. The Bertz CT molecular complexity index is 696. The lowest BCUT2D eigenvalue weighted by Gasteiger charge is -2.11. The number of nitrogens with one attached hydrogen (secondary N) is 1. The molecule has 0 heterocycles. The fourth-order valence-corrected chi connectivity index (χ4v) is 2.78. The van der Waals surface area contributed by atoms with Crippen LogP contribution in [-0.2, 0) is 4.79 Å². The average molecular weight is 379 g/mol. The number of aryl methyl sites for hydroxylation is 1. The van der Waals surface area contributed by atoms with Gasteiger partial charge in [-0.15, -0.1) is 0 Å². The van der Waals surface area contributed by atoms with Crippen molar-refractivity contribution >= 4 is 58.0 Å². The SMILES string of the molecule is Cc1ccc(NC(=O)COc2c(Cl)cc(Cl)cc2Cl)cc1Cl. The first-order valence-corrected chi connectivity index (χ1v) is 7.71. The minimum absolute atomic E-state index is 0.213. The Hall–Kier alpha value is -1.13. The van der Waals surface area contributed by atoms with E-state index in [1.54, 1.807) is 12.1 Å². The molecule has 22 heavy (non-hydrogen) atoms. The van der Waals surface area contributed by atoms with Crippen molar-refractivity contribution in [2.24, 2.45) is 0 Å². The van der Waals surface area contributed by atoms with Gasteiger partial charge in [-0.1, -0.05) is 52.5 Å². The number of carbonyl (C=O) groups excluding carboxylic acids is 1. The zero-order valence-electron chi connectivity index (χ0n) is 11.4. The van der Waals surface area contributed by atoms with E-state index in [1.807, 2.05) is 13.0 Å². The summed E-state index contributed by atoms with van der Waals surface area (Å²) in [7, 11) is 0. The van der Waals surface area contributed by atoms with Crippen LogP contribution >= 0.6 is 46.4 Å². The summed E-state index contributed by atoms with van der Waals surface area (Å²) in [5.74, 6) is -0.146. The van der Waals surface area contributed by atoms with Crippen LogP contribution in [0.1, 0.15) is 5.56 Å². The zero-order chi connectivity index (χ0) is 16.3. The Kier molecular flexibility index (Phi) is 5.81. The third-order valence-corrected chi connectivity index (χ3v) is 3.95. The summed E-state index contributed by atoms with van der Waals surface area (Å²) in [6.45, 7) is 1.63. The van der Waals surface area contributed by atoms with E-state index in [9.17, 15) is 4.79 Å². The Morgan fingerprint density at radius 1 is 1.05 bits per heavy atom. The molecule has 1 amide bonds. The number of halogens is 4. The average Bonchev–Trinajstić information content (AvgIpc) is 2.41. The first-order chi connectivity index (χ1) is 10.4. The van der Waals surface area contributed by atoms with Crippen LogP contribution in [0.2, 0.25) is 20.1 Å². The van der Waals surface area contributed by atoms with Gasteiger partial charge < -0.3 is 10.1 Å². The number of benzene rings is 2. The minimum atomic E-state index is -0.359. The summed E-state index contributed by atoms with van der Waals surface area (Å²) in [4.78, 5) is 11.9. The number of hydrogen-bond donors (Lipinski definition) is 1. The maximum absolute atomic E-state index is 11.9. The van der Waals surface area contributed by atoms with E-state index in [4.69, 9.17) is 51.1 Å². The molecular weight excluding hydrogens is 368 g/mol. The van der Waals surface area contributed by atoms with Gasteiger partial charge in [-0.2, -0.15) is 0 Å². The van der Waals surface area contributed by atoms with Gasteiger partial charge in [0.15, 0.2) is 12.4 Å². The smallest absolute Gasteiger partial charge is 0.262 e. The van der Waals surface area contributed by atoms with Gasteiger partial charge >= 0.3 is 0 Å². The maximum atomic E-state index is 11.9. The van der Waals surface area contributed by atoms with E-state index in [0.29, 0.717) is 15.7 Å². The van der Waals surface area contributed by atoms with E-state index < -0.39 is 0 Å². The first kappa shape index (κ1) is 17.2. The topological polar surface area (TPSA) is 38.3 Å². The molecule has 2 aromatic carbocycles. The van der Waals surface area contributed by atoms with Crippen molar-refractivity contribution in [3.8, 4) is 5.75 Å². The molecule has 0 saturated heterocycles. The van der Waals surface area contributed by atoms with Crippen molar-refractivity contribution in [2.75, 3.05) is 11.9 Å². The maximum Gasteiger partial charge on any atom is 0.262 e. The van der Waals surface area contributed by atoms with Crippen LogP contribution in [0.25, 0.3) is 0 Å². The summed E-state index contributed by atoms with van der Waals surface area (Å²) in [5.41, 5.74) is 1.51. The number of hydrogen-bond acceptors (Lipinski definition) is 2. The Labute approximate surface area is 148 Å². The summed E-state index contributed by atoms with van der Waals surface area (Å²) in [6, 6.07) is 8.20. The Morgan fingerprint density at radius 3 is 2.27 bits per heavy atom. The highest BCUT2D eigenvalue weighted by atomic mass is 35.5. The van der Waals surface area contributed by atoms with Gasteiger partial charge in [0, 0.05) is 15.7 Å². The van der Waals surface area contributed by atoms with Crippen molar-refractivity contribution in [1.82, 2.24) is 0 Å². The zero-order valence-corrected chi connectivity index (χ0v) is 14.4. The molecule has 3 nitrogen and oxygen atoms in total. The lowest BCUT2D eigenvalue weighted by Crippen LogP contribution is -2.20. The van der Waals surface area contributed by atoms with Gasteiger partial charge in [-0.3, -0.25) is 4.79 Å². The first-order valence-electron chi connectivity index (χ1n) is 6.20. The molecule has 7 heteroatoms. The van der Waals surface area contributed by atoms with Crippen LogP contribution in [0.5, 0.6) is 5.75 Å². The molecule has 0 unspecified atom stereocenters. The van der Waals surface area contributed by atoms with Crippen LogP contribution in [0, 0.1) is 6.92 Å². The lowest BCUT2D eigenvalue weighted by molar-refractivity contribution is -0.118. The van der Waals surface area contributed by atoms with Crippen LogP contribution < -0.4 is 10.1 Å². The van der Waals surface area contributed by atoms with Gasteiger partial charge in [0.05, 0.1) is 10.0 Å². The molecule has 0 saturated carbocycles. The molecule has 0 aliphatic heterocycles. The summed E-state index contributed by atoms with van der Waals surface area (Å²) < 4.78 is 5.34. The van der Waals surface area contributed by atoms with E-state index in [0.717, 1.165) is 5.56 Å². The molecule has 0 aromatic heterocycles. The van der Waals surface area contributed by atoms with Gasteiger partial charge in [-0.05, 0) is 36.8 Å². The molecule has 2 aromatic rings. The molecule has 2 rings (SSSR count). The third kappa shape index (κ3) is 4.43. The van der Waals surface area contributed by atoms with E-state index >= 15 is 0 Å². The number of amides is 1.